The molecule has 1 aromatic heterocycles. The van der Waals surface area contributed by atoms with Crippen LogP contribution in [0.5, 0.6) is 0 Å². The van der Waals surface area contributed by atoms with E-state index in [1.807, 2.05) is 0 Å². The molecule has 0 spiro atoms. The first kappa shape index (κ1) is 16.6. The normalized spacial score (nSPS) is 12.4. The third-order valence-corrected chi connectivity index (χ3v) is 4.47. The fourth-order valence-corrected chi connectivity index (χ4v) is 2.32. The maximum atomic E-state index is 12.3. The summed E-state index contributed by atoms with van der Waals surface area (Å²) in [5, 5.41) is 0. The Kier molecular flexibility index (Phi) is 5.27. The summed E-state index contributed by atoms with van der Waals surface area (Å²) in [4.78, 5) is 15.1. The highest BCUT2D eigenvalue weighted by Crippen LogP contribution is 2.28. The van der Waals surface area contributed by atoms with Gasteiger partial charge in [-0.15, -0.1) is 0 Å². The quantitative estimate of drug-likeness (QED) is 0.757. The Morgan fingerprint density at radius 1 is 1.30 bits per heavy atom. The zero-order chi connectivity index (χ0) is 15.4. The van der Waals surface area contributed by atoms with E-state index in [9.17, 15) is 26.4 Å². The highest BCUT2D eigenvalue weighted by Gasteiger charge is 2.30. The summed E-state index contributed by atoms with van der Waals surface area (Å²) >= 11 is 0. The largest absolute Gasteiger partial charge is 0.417 e. The third kappa shape index (κ3) is 4.92. The van der Waals surface area contributed by atoms with E-state index in [1.165, 1.54) is 6.92 Å². The van der Waals surface area contributed by atoms with Crippen molar-refractivity contribution >= 4 is 15.6 Å². The summed E-state index contributed by atoms with van der Waals surface area (Å²) in [6.45, 7) is 1.51. The van der Waals surface area contributed by atoms with E-state index in [-0.39, 0.29) is 30.0 Å². The van der Waals surface area contributed by atoms with Crippen molar-refractivity contribution in [1.82, 2.24) is 4.98 Å². The average molecular weight is 309 g/mol. The smallest absolute Gasteiger partial charge is 0.292 e. The molecule has 0 unspecified atom stereocenters. The molecular formula is C12H14F3NO3S. The maximum absolute atomic E-state index is 12.3. The van der Waals surface area contributed by atoms with Gasteiger partial charge in [-0.3, -0.25) is 9.78 Å². The van der Waals surface area contributed by atoms with Crippen LogP contribution in [-0.4, -0.2) is 30.7 Å². The van der Waals surface area contributed by atoms with Gasteiger partial charge in [0.25, 0.3) is 0 Å². The van der Waals surface area contributed by atoms with E-state index < -0.39 is 27.4 Å². The Morgan fingerprint density at radius 3 is 2.40 bits per heavy atom. The molecule has 0 atom stereocenters. The Balaban J connectivity index is 2.61. The molecule has 0 fully saturated rings. The number of carbonyl (C=O) groups is 1. The summed E-state index contributed by atoms with van der Waals surface area (Å²) in [5.41, 5.74) is -1.02. The van der Waals surface area contributed by atoms with Crippen LogP contribution in [0.25, 0.3) is 0 Å². The highest BCUT2D eigenvalue weighted by atomic mass is 32.2. The second kappa shape index (κ2) is 6.34. The lowest BCUT2D eigenvalue weighted by molar-refractivity contribution is -0.137. The Morgan fingerprint density at radius 2 is 1.95 bits per heavy atom. The predicted molar refractivity (Wildman–Crippen MR) is 67.1 cm³/mol. The predicted octanol–water partition coefficient (Wildman–Crippen LogP) is 2.50. The number of rotatable bonds is 6. The standard InChI is InChI=1S/C12H14F3NO3S/c1-2-20(18,19)7-3-4-11(17)10-6-5-9(8-16-10)12(13,14)15/h5-6,8H,2-4,7H2,1H3. The Labute approximate surface area is 114 Å². The van der Waals surface area contributed by atoms with Crippen molar-refractivity contribution < 1.29 is 26.4 Å². The molecular weight excluding hydrogens is 295 g/mol. The van der Waals surface area contributed by atoms with Gasteiger partial charge in [0.2, 0.25) is 0 Å². The molecule has 1 aromatic rings. The van der Waals surface area contributed by atoms with E-state index >= 15 is 0 Å². The molecule has 0 saturated heterocycles. The zero-order valence-corrected chi connectivity index (χ0v) is 11.6. The Hall–Kier alpha value is -1.44. The number of ketones is 1. The average Bonchev–Trinajstić information content (AvgIpc) is 2.37. The molecule has 1 heterocycles. The van der Waals surface area contributed by atoms with Crippen LogP contribution in [-0.2, 0) is 16.0 Å². The molecule has 0 aromatic carbocycles. The summed E-state index contributed by atoms with van der Waals surface area (Å²) in [6, 6.07) is 1.78. The lowest BCUT2D eigenvalue weighted by atomic mass is 10.1. The first-order chi connectivity index (χ1) is 9.15. The number of carbonyl (C=O) groups excluding carboxylic acids is 1. The van der Waals surface area contributed by atoms with E-state index in [0.29, 0.717) is 6.20 Å². The van der Waals surface area contributed by atoms with Gasteiger partial charge in [0, 0.05) is 18.4 Å². The van der Waals surface area contributed by atoms with Crippen LogP contribution >= 0.6 is 0 Å². The van der Waals surface area contributed by atoms with Gasteiger partial charge < -0.3 is 0 Å². The molecule has 0 saturated carbocycles. The van der Waals surface area contributed by atoms with Crippen LogP contribution in [0.2, 0.25) is 0 Å². The fraction of sp³-hybridized carbons (Fsp3) is 0.500. The number of halogens is 3. The second-order valence-electron chi connectivity index (χ2n) is 4.19. The number of sulfone groups is 1. The summed E-state index contributed by atoms with van der Waals surface area (Å²) in [7, 11) is -3.14. The van der Waals surface area contributed by atoms with E-state index in [2.05, 4.69) is 4.98 Å². The van der Waals surface area contributed by atoms with Gasteiger partial charge in [-0.1, -0.05) is 6.92 Å². The van der Waals surface area contributed by atoms with Crippen LogP contribution < -0.4 is 0 Å². The molecule has 0 amide bonds. The van der Waals surface area contributed by atoms with Crippen molar-refractivity contribution in [3.8, 4) is 0 Å². The minimum absolute atomic E-state index is 0.000278. The summed E-state index contributed by atoms with van der Waals surface area (Å²) < 4.78 is 59.3. The van der Waals surface area contributed by atoms with Gasteiger partial charge in [0.05, 0.1) is 11.3 Å². The van der Waals surface area contributed by atoms with Crippen molar-refractivity contribution in [3.05, 3.63) is 29.6 Å². The van der Waals surface area contributed by atoms with Crippen LogP contribution in [0.15, 0.2) is 18.3 Å². The zero-order valence-electron chi connectivity index (χ0n) is 10.8. The lowest BCUT2D eigenvalue weighted by Crippen LogP contribution is -2.12. The van der Waals surface area contributed by atoms with E-state index in [4.69, 9.17) is 0 Å². The SMILES string of the molecule is CCS(=O)(=O)CCCC(=O)c1ccc(C(F)(F)F)cn1. The van der Waals surface area contributed by atoms with Gasteiger partial charge in [0.1, 0.15) is 15.5 Å². The van der Waals surface area contributed by atoms with Gasteiger partial charge in [-0.05, 0) is 18.6 Å². The topological polar surface area (TPSA) is 64.1 Å². The highest BCUT2D eigenvalue weighted by molar-refractivity contribution is 7.91. The van der Waals surface area contributed by atoms with Crippen molar-refractivity contribution in [2.45, 2.75) is 25.9 Å². The molecule has 0 aliphatic heterocycles. The number of nitrogens with zero attached hydrogens (tertiary/aromatic N) is 1. The van der Waals surface area contributed by atoms with Crippen molar-refractivity contribution in [3.63, 3.8) is 0 Å². The third-order valence-electron chi connectivity index (χ3n) is 2.68. The van der Waals surface area contributed by atoms with Gasteiger partial charge >= 0.3 is 6.18 Å². The van der Waals surface area contributed by atoms with Crippen molar-refractivity contribution in [2.24, 2.45) is 0 Å². The molecule has 20 heavy (non-hydrogen) atoms. The van der Waals surface area contributed by atoms with Crippen molar-refractivity contribution in [2.75, 3.05) is 11.5 Å². The number of hydrogen-bond donors (Lipinski definition) is 0. The molecule has 4 nitrogen and oxygen atoms in total. The number of hydrogen-bond acceptors (Lipinski definition) is 4. The first-order valence-electron chi connectivity index (χ1n) is 5.92. The summed E-state index contributed by atoms with van der Waals surface area (Å²) in [6.07, 6.45) is -3.82. The minimum atomic E-state index is -4.50. The van der Waals surface area contributed by atoms with Crippen LogP contribution in [0, 0.1) is 0 Å². The molecule has 0 N–H and O–H groups in total. The summed E-state index contributed by atoms with van der Waals surface area (Å²) in [5.74, 6) is -0.583. The molecule has 0 bridgehead atoms. The van der Waals surface area contributed by atoms with Gasteiger partial charge in [-0.2, -0.15) is 13.2 Å². The molecule has 1 rings (SSSR count). The van der Waals surface area contributed by atoms with E-state index in [0.717, 1.165) is 12.1 Å². The molecule has 0 radical (unpaired) electrons. The van der Waals surface area contributed by atoms with E-state index in [1.54, 1.807) is 0 Å². The molecule has 8 heteroatoms. The monoisotopic (exact) mass is 309 g/mol. The maximum Gasteiger partial charge on any atom is 0.417 e. The Bertz CT molecular complexity index is 565. The first-order valence-corrected chi connectivity index (χ1v) is 7.74. The van der Waals surface area contributed by atoms with Crippen molar-refractivity contribution in [1.29, 1.82) is 0 Å². The number of aromatic nitrogens is 1. The second-order valence-corrected chi connectivity index (χ2v) is 6.67. The number of pyridine rings is 1. The number of alkyl halides is 3. The number of Topliss-reactive ketones (excluding diaryl/α,β-unsaturated/α-hetero) is 1. The lowest BCUT2D eigenvalue weighted by Gasteiger charge is -2.06. The molecule has 112 valence electrons. The minimum Gasteiger partial charge on any atom is -0.292 e. The van der Waals surface area contributed by atoms with Crippen LogP contribution in [0.3, 0.4) is 0 Å². The van der Waals surface area contributed by atoms with Crippen LogP contribution in [0.4, 0.5) is 13.2 Å². The van der Waals surface area contributed by atoms with Gasteiger partial charge in [-0.25, -0.2) is 8.42 Å². The van der Waals surface area contributed by atoms with Gasteiger partial charge in [0.15, 0.2) is 5.78 Å². The molecule has 0 aliphatic carbocycles. The fourth-order valence-electron chi connectivity index (χ4n) is 1.45. The van der Waals surface area contributed by atoms with Crippen LogP contribution in [0.1, 0.15) is 35.8 Å². The molecule has 0 aliphatic rings.